The third kappa shape index (κ3) is 4.93. The van der Waals surface area contributed by atoms with Gasteiger partial charge in [-0.05, 0) is 43.1 Å². The molecule has 1 unspecified atom stereocenters. The van der Waals surface area contributed by atoms with E-state index in [4.69, 9.17) is 0 Å². The summed E-state index contributed by atoms with van der Waals surface area (Å²) in [6.45, 7) is 4.76. The Hall–Kier alpha value is -0.840. The van der Waals surface area contributed by atoms with E-state index in [1.54, 1.807) is 12.4 Å². The number of likely N-dealkylation sites (N-methyl/N-ethyl adjacent to an activating group) is 1. The van der Waals surface area contributed by atoms with E-state index in [0.717, 1.165) is 26.1 Å². The Balaban J connectivity index is 0.00000180. The number of nitrogens with one attached hydrogen (secondary N) is 1. The molecule has 0 radical (unpaired) electrons. The second-order valence-corrected chi connectivity index (χ2v) is 5.07. The minimum absolute atomic E-state index is 0. The monoisotopic (exact) mass is 319 g/mol. The molecule has 6 heteroatoms. The van der Waals surface area contributed by atoms with Crippen LogP contribution >= 0.6 is 24.8 Å². The van der Waals surface area contributed by atoms with Gasteiger partial charge in [0.25, 0.3) is 0 Å². The molecule has 0 aliphatic carbocycles. The molecular weight excluding hydrogens is 297 g/mol. The number of pyridine rings is 1. The van der Waals surface area contributed by atoms with E-state index in [-0.39, 0.29) is 36.6 Å². The molecule has 0 bridgehead atoms. The fraction of sp³-hybridized carbons (Fsp3) is 0.571. The normalized spacial score (nSPS) is 15.3. The highest BCUT2D eigenvalue weighted by molar-refractivity contribution is 5.85. The van der Waals surface area contributed by atoms with Crippen LogP contribution in [0.4, 0.5) is 0 Å². The van der Waals surface area contributed by atoms with Crippen molar-refractivity contribution in [1.29, 1.82) is 0 Å². The van der Waals surface area contributed by atoms with Crippen LogP contribution in [0.25, 0.3) is 0 Å². The summed E-state index contributed by atoms with van der Waals surface area (Å²) in [5.41, 5.74) is 1.22. The first kappa shape index (κ1) is 19.2. The molecule has 0 aromatic carbocycles. The van der Waals surface area contributed by atoms with Crippen LogP contribution in [-0.4, -0.2) is 42.5 Å². The average Bonchev–Trinajstić information content (AvgIpc) is 2.34. The van der Waals surface area contributed by atoms with E-state index in [1.807, 2.05) is 31.0 Å². The van der Waals surface area contributed by atoms with Crippen molar-refractivity contribution in [3.05, 3.63) is 30.1 Å². The smallest absolute Gasteiger partial charge is 0.225 e. The number of amides is 1. The number of carbonyl (C=O) groups excluding carboxylic acids is 1. The van der Waals surface area contributed by atoms with Gasteiger partial charge < -0.3 is 10.2 Å². The quantitative estimate of drug-likeness (QED) is 0.899. The summed E-state index contributed by atoms with van der Waals surface area (Å²) >= 11 is 0. The van der Waals surface area contributed by atoms with Gasteiger partial charge in [-0.25, -0.2) is 0 Å². The van der Waals surface area contributed by atoms with Gasteiger partial charge in [-0.15, -0.1) is 24.8 Å². The van der Waals surface area contributed by atoms with Crippen molar-refractivity contribution in [2.75, 3.05) is 26.7 Å². The van der Waals surface area contributed by atoms with E-state index >= 15 is 0 Å². The van der Waals surface area contributed by atoms with Gasteiger partial charge in [0.2, 0.25) is 5.91 Å². The maximum absolute atomic E-state index is 12.2. The lowest BCUT2D eigenvalue weighted by Crippen LogP contribution is -2.50. The van der Waals surface area contributed by atoms with E-state index < -0.39 is 0 Å². The second-order valence-electron chi connectivity index (χ2n) is 5.07. The molecular formula is C14H23Cl2N3O. The van der Waals surface area contributed by atoms with Crippen molar-refractivity contribution in [3.63, 3.8) is 0 Å². The summed E-state index contributed by atoms with van der Waals surface area (Å²) in [6, 6.07) is 4.00. The van der Waals surface area contributed by atoms with Crippen molar-refractivity contribution in [2.45, 2.75) is 13.3 Å². The van der Waals surface area contributed by atoms with Crippen molar-refractivity contribution < 1.29 is 4.79 Å². The van der Waals surface area contributed by atoms with Gasteiger partial charge >= 0.3 is 0 Å². The molecule has 1 atom stereocenters. The van der Waals surface area contributed by atoms with Crippen molar-refractivity contribution >= 4 is 30.7 Å². The van der Waals surface area contributed by atoms with Gasteiger partial charge in [-0.2, -0.15) is 0 Å². The minimum Gasteiger partial charge on any atom is -0.345 e. The van der Waals surface area contributed by atoms with E-state index in [9.17, 15) is 4.79 Å². The second kappa shape index (κ2) is 9.16. The van der Waals surface area contributed by atoms with E-state index in [2.05, 4.69) is 10.3 Å². The molecule has 1 saturated heterocycles. The Morgan fingerprint density at radius 3 is 2.50 bits per heavy atom. The molecule has 0 saturated carbocycles. The van der Waals surface area contributed by atoms with Gasteiger partial charge in [-0.1, -0.05) is 6.92 Å². The number of nitrogens with zero attached hydrogens (tertiary/aromatic N) is 2. The van der Waals surface area contributed by atoms with E-state index in [1.165, 1.54) is 5.56 Å². The lowest BCUT2D eigenvalue weighted by Gasteiger charge is -2.34. The first-order valence-electron chi connectivity index (χ1n) is 6.53. The topological polar surface area (TPSA) is 45.2 Å². The maximum Gasteiger partial charge on any atom is 0.225 e. The standard InChI is InChI=1S/C14H21N3O.2ClH/c1-11(13-9-16-10-13)14(18)17(2)8-5-12-3-6-15-7-4-12;;/h3-4,6-7,11,13,16H,5,8-10H2,1-2H3;2*1H. The highest BCUT2D eigenvalue weighted by Gasteiger charge is 2.30. The van der Waals surface area contributed by atoms with Gasteiger partial charge in [0.1, 0.15) is 0 Å². The molecule has 1 N–H and O–H groups in total. The van der Waals surface area contributed by atoms with Gasteiger partial charge in [0.05, 0.1) is 0 Å². The first-order valence-corrected chi connectivity index (χ1v) is 6.53. The number of carbonyl (C=O) groups is 1. The molecule has 1 amide bonds. The van der Waals surface area contributed by atoms with Gasteiger partial charge in [-0.3, -0.25) is 9.78 Å². The highest BCUT2D eigenvalue weighted by atomic mass is 35.5. The summed E-state index contributed by atoms with van der Waals surface area (Å²) in [7, 11) is 1.89. The maximum atomic E-state index is 12.2. The van der Waals surface area contributed by atoms with Crippen LogP contribution in [0.5, 0.6) is 0 Å². The molecule has 2 rings (SSSR count). The summed E-state index contributed by atoms with van der Waals surface area (Å²) in [5.74, 6) is 0.908. The Labute approximate surface area is 133 Å². The van der Waals surface area contributed by atoms with Gasteiger partial charge in [0.15, 0.2) is 0 Å². The van der Waals surface area contributed by atoms with Crippen molar-refractivity contribution in [3.8, 4) is 0 Å². The minimum atomic E-state index is 0. The number of aromatic nitrogens is 1. The Bertz CT molecular complexity index is 399. The zero-order valence-electron chi connectivity index (χ0n) is 11.9. The molecule has 20 heavy (non-hydrogen) atoms. The fourth-order valence-electron chi connectivity index (χ4n) is 2.17. The molecule has 1 aromatic rings. The first-order chi connectivity index (χ1) is 8.68. The van der Waals surface area contributed by atoms with Crippen LogP contribution < -0.4 is 5.32 Å². The molecule has 1 aliphatic rings. The van der Waals surface area contributed by atoms with Crippen LogP contribution in [0.3, 0.4) is 0 Å². The molecule has 1 fully saturated rings. The third-order valence-corrected chi connectivity index (χ3v) is 3.77. The lowest BCUT2D eigenvalue weighted by atomic mass is 9.88. The average molecular weight is 320 g/mol. The van der Waals surface area contributed by atoms with Gasteiger partial charge in [0, 0.05) is 31.9 Å². The van der Waals surface area contributed by atoms with Crippen LogP contribution in [0.2, 0.25) is 0 Å². The third-order valence-electron chi connectivity index (χ3n) is 3.77. The van der Waals surface area contributed by atoms with Crippen LogP contribution in [0.15, 0.2) is 24.5 Å². The summed E-state index contributed by atoms with van der Waals surface area (Å²) in [5, 5.41) is 3.22. The van der Waals surface area contributed by atoms with Crippen LogP contribution in [-0.2, 0) is 11.2 Å². The molecule has 1 aliphatic heterocycles. The predicted molar refractivity (Wildman–Crippen MR) is 85.6 cm³/mol. The molecule has 2 heterocycles. The van der Waals surface area contributed by atoms with Crippen molar-refractivity contribution in [2.24, 2.45) is 11.8 Å². The number of hydrogen-bond donors (Lipinski definition) is 1. The zero-order chi connectivity index (χ0) is 13.0. The SMILES string of the molecule is CC(C(=O)N(C)CCc1ccncc1)C1CNC1.Cl.Cl. The highest BCUT2D eigenvalue weighted by Crippen LogP contribution is 2.18. The summed E-state index contributed by atoms with van der Waals surface area (Å²) in [4.78, 5) is 18.0. The summed E-state index contributed by atoms with van der Waals surface area (Å²) in [6.07, 6.45) is 4.47. The Morgan fingerprint density at radius 2 is 2.00 bits per heavy atom. The number of halogens is 2. The Morgan fingerprint density at radius 1 is 1.40 bits per heavy atom. The largest absolute Gasteiger partial charge is 0.345 e. The Kier molecular flexibility index (Phi) is 8.78. The van der Waals surface area contributed by atoms with E-state index in [0.29, 0.717) is 5.92 Å². The predicted octanol–water partition coefficient (Wildman–Crippen LogP) is 1.78. The molecule has 0 spiro atoms. The fourth-order valence-corrected chi connectivity index (χ4v) is 2.17. The number of hydrogen-bond acceptors (Lipinski definition) is 3. The van der Waals surface area contributed by atoms with Crippen molar-refractivity contribution in [1.82, 2.24) is 15.2 Å². The molecule has 4 nitrogen and oxygen atoms in total. The lowest BCUT2D eigenvalue weighted by molar-refractivity contribution is -0.136. The zero-order valence-corrected chi connectivity index (χ0v) is 13.5. The number of rotatable bonds is 5. The van der Waals surface area contributed by atoms with Crippen LogP contribution in [0.1, 0.15) is 12.5 Å². The molecule has 1 aromatic heterocycles. The molecule has 114 valence electrons. The summed E-state index contributed by atoms with van der Waals surface area (Å²) < 4.78 is 0. The van der Waals surface area contributed by atoms with Crippen LogP contribution in [0, 0.1) is 11.8 Å².